The summed E-state index contributed by atoms with van der Waals surface area (Å²) in [6.07, 6.45) is 6.17. The van der Waals surface area contributed by atoms with Gasteiger partial charge in [0.05, 0.1) is 18.6 Å². The summed E-state index contributed by atoms with van der Waals surface area (Å²) < 4.78 is 12.1. The number of nitrogens with zero attached hydrogens (tertiary/aromatic N) is 3. The van der Waals surface area contributed by atoms with Gasteiger partial charge in [0.1, 0.15) is 5.56 Å². The van der Waals surface area contributed by atoms with Gasteiger partial charge in [0, 0.05) is 30.9 Å². The Morgan fingerprint density at radius 1 is 1.14 bits per heavy atom. The Balaban J connectivity index is 1.64. The second kappa shape index (κ2) is 9.68. The molecule has 1 aliphatic carbocycles. The normalized spacial score (nSPS) is 12.5. The molecule has 0 saturated carbocycles. The third-order valence-electron chi connectivity index (χ3n) is 6.09. The van der Waals surface area contributed by atoms with Gasteiger partial charge in [-0.25, -0.2) is 9.78 Å². The molecule has 0 fully saturated rings. The summed E-state index contributed by atoms with van der Waals surface area (Å²) in [5.41, 5.74) is 5.15. The number of fused-ring (bicyclic) bond motifs is 2. The first-order chi connectivity index (χ1) is 17.1. The fourth-order valence-corrected chi connectivity index (χ4v) is 4.46. The van der Waals surface area contributed by atoms with Crippen LogP contribution >= 0.6 is 0 Å². The summed E-state index contributed by atoms with van der Waals surface area (Å²) in [7, 11) is 1.65. The number of aryl methyl sites for hydroxylation is 2. The molecule has 8 nitrogen and oxygen atoms in total. The Labute approximate surface area is 202 Å². The Bertz CT molecular complexity index is 1480. The van der Waals surface area contributed by atoms with Gasteiger partial charge >= 0.3 is 5.97 Å². The molecule has 0 unspecified atom stereocenters. The quantitative estimate of drug-likeness (QED) is 0.402. The van der Waals surface area contributed by atoms with Crippen molar-refractivity contribution in [2.45, 2.75) is 32.8 Å². The minimum absolute atomic E-state index is 0.0450. The lowest BCUT2D eigenvalue weighted by molar-refractivity contribution is 0.0524. The van der Waals surface area contributed by atoms with Gasteiger partial charge in [-0.05, 0) is 67.1 Å². The zero-order valence-corrected chi connectivity index (χ0v) is 19.7. The summed E-state index contributed by atoms with van der Waals surface area (Å²) in [6.45, 7) is 2.37. The van der Waals surface area contributed by atoms with E-state index in [1.807, 2.05) is 30.3 Å². The van der Waals surface area contributed by atoms with E-state index in [0.717, 1.165) is 36.2 Å². The summed E-state index contributed by atoms with van der Waals surface area (Å²) in [6, 6.07) is 13.9. The average Bonchev–Trinajstić information content (AvgIpc) is 3.33. The van der Waals surface area contributed by atoms with Crippen LogP contribution in [-0.4, -0.2) is 34.2 Å². The van der Waals surface area contributed by atoms with E-state index >= 15 is 0 Å². The molecule has 1 N–H and O–H groups in total. The van der Waals surface area contributed by atoms with Gasteiger partial charge in [-0.15, -0.1) is 0 Å². The van der Waals surface area contributed by atoms with Crippen molar-refractivity contribution in [2.24, 2.45) is 0 Å². The summed E-state index contributed by atoms with van der Waals surface area (Å²) in [5, 5.41) is 3.45. The van der Waals surface area contributed by atoms with Crippen LogP contribution in [0.1, 0.15) is 40.4 Å². The van der Waals surface area contributed by atoms with Crippen LogP contribution in [0.3, 0.4) is 0 Å². The Hall–Kier alpha value is -4.04. The van der Waals surface area contributed by atoms with E-state index in [2.05, 4.69) is 27.4 Å². The van der Waals surface area contributed by atoms with Crippen LogP contribution in [0.2, 0.25) is 0 Å². The molecule has 178 valence electrons. The first kappa shape index (κ1) is 22.7. The summed E-state index contributed by atoms with van der Waals surface area (Å²) in [4.78, 5) is 34.8. The van der Waals surface area contributed by atoms with Crippen molar-refractivity contribution in [2.75, 3.05) is 19.0 Å². The first-order valence-corrected chi connectivity index (χ1v) is 11.6. The van der Waals surface area contributed by atoms with Crippen molar-refractivity contribution in [3.05, 3.63) is 87.3 Å². The highest BCUT2D eigenvalue weighted by molar-refractivity contribution is 5.93. The molecule has 0 aliphatic heterocycles. The van der Waals surface area contributed by atoms with E-state index in [4.69, 9.17) is 9.47 Å². The van der Waals surface area contributed by atoms with Crippen LogP contribution in [0.5, 0.6) is 0 Å². The van der Waals surface area contributed by atoms with Crippen molar-refractivity contribution < 1.29 is 14.3 Å². The van der Waals surface area contributed by atoms with E-state index in [-0.39, 0.29) is 17.6 Å². The van der Waals surface area contributed by atoms with E-state index in [1.54, 1.807) is 18.6 Å². The van der Waals surface area contributed by atoms with Crippen LogP contribution in [0.25, 0.3) is 16.7 Å². The molecule has 0 bridgehead atoms. The lowest BCUT2D eigenvalue weighted by Crippen LogP contribution is -2.21. The molecule has 4 aromatic rings. The molecule has 1 aliphatic rings. The second-order valence-electron chi connectivity index (χ2n) is 8.46. The lowest BCUT2D eigenvalue weighted by atomic mass is 10.1. The number of hydrogen-bond donors (Lipinski definition) is 1. The predicted octanol–water partition coefficient (Wildman–Crippen LogP) is 4.34. The van der Waals surface area contributed by atoms with E-state index in [1.165, 1.54) is 23.5 Å². The van der Waals surface area contributed by atoms with Crippen molar-refractivity contribution >= 4 is 28.6 Å². The molecular weight excluding hydrogens is 444 g/mol. The average molecular weight is 471 g/mol. The van der Waals surface area contributed by atoms with Gasteiger partial charge in [0.25, 0.3) is 0 Å². The minimum Gasteiger partial charge on any atom is -0.462 e. The number of ether oxygens (including phenoxy) is 2. The van der Waals surface area contributed by atoms with Crippen LogP contribution in [0.15, 0.2) is 59.7 Å². The zero-order valence-electron chi connectivity index (χ0n) is 19.7. The molecule has 0 amide bonds. The number of methoxy groups -OCH3 is 1. The summed E-state index contributed by atoms with van der Waals surface area (Å²) in [5.74, 6) is -0.322. The maximum atomic E-state index is 13.2. The standard InChI is InChI=1S/C27H26N4O4/c1-3-35-26(33)23-15-31(21-11-10-18-7-5-8-19(18)13-21)25-22(24(23)32)14-28-27(30-25)29-20-9-4-6-17(12-20)16-34-2/h4,6,9-15H,3,5,7-8,16H2,1-2H3,(H,28,29,30). The Morgan fingerprint density at radius 3 is 2.83 bits per heavy atom. The van der Waals surface area contributed by atoms with Crippen molar-refractivity contribution in [1.29, 1.82) is 0 Å². The number of carbonyl (C=O) groups excluding carboxylic acids is 1. The van der Waals surface area contributed by atoms with Crippen LogP contribution < -0.4 is 10.7 Å². The van der Waals surface area contributed by atoms with E-state index in [9.17, 15) is 9.59 Å². The maximum Gasteiger partial charge on any atom is 0.343 e. The van der Waals surface area contributed by atoms with Gasteiger partial charge in [-0.1, -0.05) is 18.2 Å². The molecule has 0 saturated heterocycles. The first-order valence-electron chi connectivity index (χ1n) is 11.6. The van der Waals surface area contributed by atoms with Gasteiger partial charge < -0.3 is 19.4 Å². The molecule has 0 radical (unpaired) electrons. The van der Waals surface area contributed by atoms with Crippen molar-refractivity contribution in [3.8, 4) is 5.69 Å². The molecule has 8 heteroatoms. The summed E-state index contributed by atoms with van der Waals surface area (Å²) >= 11 is 0. The SMILES string of the molecule is CCOC(=O)c1cn(-c2ccc3c(c2)CCC3)c2nc(Nc3cccc(COC)c3)ncc2c1=O. The second-order valence-corrected chi connectivity index (χ2v) is 8.46. The number of carbonyl (C=O) groups is 1. The highest BCUT2D eigenvalue weighted by Gasteiger charge is 2.20. The topological polar surface area (TPSA) is 95.3 Å². The number of benzene rings is 2. The van der Waals surface area contributed by atoms with Gasteiger partial charge in [0.2, 0.25) is 11.4 Å². The molecule has 5 rings (SSSR count). The lowest BCUT2D eigenvalue weighted by Gasteiger charge is -2.15. The van der Waals surface area contributed by atoms with Crippen molar-refractivity contribution in [1.82, 2.24) is 14.5 Å². The maximum absolute atomic E-state index is 13.2. The number of anilines is 2. The van der Waals surface area contributed by atoms with Gasteiger partial charge in [-0.3, -0.25) is 4.79 Å². The largest absolute Gasteiger partial charge is 0.462 e. The van der Waals surface area contributed by atoms with Crippen LogP contribution in [0.4, 0.5) is 11.6 Å². The number of esters is 1. The Morgan fingerprint density at radius 2 is 2.00 bits per heavy atom. The third-order valence-corrected chi connectivity index (χ3v) is 6.09. The smallest absolute Gasteiger partial charge is 0.343 e. The fraction of sp³-hybridized carbons (Fsp3) is 0.259. The molecule has 2 heterocycles. The molecule has 2 aromatic heterocycles. The number of hydrogen-bond acceptors (Lipinski definition) is 7. The molecule has 35 heavy (non-hydrogen) atoms. The van der Waals surface area contributed by atoms with Crippen LogP contribution in [-0.2, 0) is 28.9 Å². The van der Waals surface area contributed by atoms with E-state index in [0.29, 0.717) is 18.2 Å². The molecule has 0 spiro atoms. The molecule has 0 atom stereocenters. The number of aromatic nitrogens is 3. The zero-order chi connectivity index (χ0) is 24.4. The van der Waals surface area contributed by atoms with Gasteiger partial charge in [0.15, 0.2) is 5.65 Å². The number of rotatable bonds is 7. The fourth-order valence-electron chi connectivity index (χ4n) is 4.46. The third kappa shape index (κ3) is 4.52. The highest BCUT2D eigenvalue weighted by atomic mass is 16.5. The van der Waals surface area contributed by atoms with Crippen LogP contribution in [0, 0.1) is 0 Å². The Kier molecular flexibility index (Phi) is 6.29. The number of nitrogens with one attached hydrogen (secondary N) is 1. The van der Waals surface area contributed by atoms with E-state index < -0.39 is 11.4 Å². The highest BCUT2D eigenvalue weighted by Crippen LogP contribution is 2.26. The molecular formula is C27H26N4O4. The van der Waals surface area contributed by atoms with Crippen molar-refractivity contribution in [3.63, 3.8) is 0 Å². The molecule has 2 aromatic carbocycles. The van der Waals surface area contributed by atoms with Gasteiger partial charge in [-0.2, -0.15) is 4.98 Å². The predicted molar refractivity (Wildman–Crippen MR) is 134 cm³/mol. The number of pyridine rings is 1. The minimum atomic E-state index is -0.661. The monoisotopic (exact) mass is 470 g/mol.